The fourth-order valence-electron chi connectivity index (χ4n) is 5.87. The van der Waals surface area contributed by atoms with Crippen LogP contribution < -0.4 is 10.6 Å². The van der Waals surface area contributed by atoms with Gasteiger partial charge in [0, 0.05) is 38.6 Å². The number of fused-ring (bicyclic) bond motifs is 2. The maximum Gasteiger partial charge on any atom is 0.219 e. The molecular weight excluding hydrogens is 384 g/mol. The van der Waals surface area contributed by atoms with Gasteiger partial charge in [-0.1, -0.05) is 36.8 Å². The van der Waals surface area contributed by atoms with Crippen molar-refractivity contribution in [3.8, 4) is 0 Å². The van der Waals surface area contributed by atoms with Crippen LogP contribution in [0.3, 0.4) is 0 Å². The molecule has 3 heterocycles. The van der Waals surface area contributed by atoms with Gasteiger partial charge in [0.1, 0.15) is 0 Å². The second-order valence-corrected chi connectivity index (χ2v) is 10.1. The smallest absolute Gasteiger partial charge is 0.219 e. The normalized spacial score (nSPS) is 27.2. The predicted octanol–water partition coefficient (Wildman–Crippen LogP) is 3.26. The van der Waals surface area contributed by atoms with Gasteiger partial charge >= 0.3 is 0 Å². The van der Waals surface area contributed by atoms with E-state index in [0.29, 0.717) is 12.5 Å². The zero-order chi connectivity index (χ0) is 21.3. The van der Waals surface area contributed by atoms with E-state index < -0.39 is 0 Å². The van der Waals surface area contributed by atoms with Crippen molar-refractivity contribution in [1.82, 2.24) is 20.4 Å². The fraction of sp³-hybridized carbons (Fsp3) is 0.731. The summed E-state index contributed by atoms with van der Waals surface area (Å²) in [6, 6.07) is 11.4. The topological polar surface area (TPSA) is 47.6 Å². The second-order valence-electron chi connectivity index (χ2n) is 10.1. The number of nitrogens with one attached hydrogen (secondary N) is 2. The van der Waals surface area contributed by atoms with Crippen molar-refractivity contribution in [2.45, 2.75) is 64.0 Å². The van der Waals surface area contributed by atoms with Gasteiger partial charge in [0.2, 0.25) is 5.91 Å². The molecule has 0 radical (unpaired) electrons. The van der Waals surface area contributed by atoms with Gasteiger partial charge < -0.3 is 15.5 Å². The van der Waals surface area contributed by atoms with Crippen LogP contribution in [0.15, 0.2) is 30.3 Å². The van der Waals surface area contributed by atoms with Crippen molar-refractivity contribution >= 4 is 5.91 Å². The first kappa shape index (κ1) is 22.8. The van der Waals surface area contributed by atoms with Crippen molar-refractivity contribution in [1.29, 1.82) is 0 Å². The maximum absolute atomic E-state index is 12.3. The number of amides is 1. The Morgan fingerprint density at radius 3 is 2.71 bits per heavy atom. The summed E-state index contributed by atoms with van der Waals surface area (Å²) >= 11 is 0. The quantitative estimate of drug-likeness (QED) is 0.564. The Hall–Kier alpha value is -1.43. The Labute approximate surface area is 188 Å². The molecule has 2 N–H and O–H groups in total. The van der Waals surface area contributed by atoms with E-state index in [-0.39, 0.29) is 5.91 Å². The molecule has 31 heavy (non-hydrogen) atoms. The summed E-state index contributed by atoms with van der Waals surface area (Å²) in [5.74, 6) is 1.74. The highest BCUT2D eigenvalue weighted by molar-refractivity contribution is 5.75. The molecule has 2 bridgehead atoms. The van der Waals surface area contributed by atoms with Gasteiger partial charge in [-0.25, -0.2) is 0 Å². The van der Waals surface area contributed by atoms with E-state index >= 15 is 0 Å². The first-order valence-electron chi connectivity index (χ1n) is 12.7. The minimum Gasteiger partial charge on any atom is -0.356 e. The van der Waals surface area contributed by atoms with Gasteiger partial charge in [-0.3, -0.25) is 9.69 Å². The van der Waals surface area contributed by atoms with E-state index in [1.807, 2.05) is 0 Å². The molecule has 3 saturated heterocycles. The lowest BCUT2D eigenvalue weighted by atomic mass is 9.79. The third kappa shape index (κ3) is 7.30. The number of carbonyl (C=O) groups excluding carboxylic acids is 1. The van der Waals surface area contributed by atoms with Crippen LogP contribution in [0, 0.1) is 11.8 Å². The molecule has 172 valence electrons. The summed E-state index contributed by atoms with van der Waals surface area (Å²) in [5, 5.41) is 6.95. The molecule has 5 heteroatoms. The van der Waals surface area contributed by atoms with E-state index in [1.54, 1.807) is 0 Å². The Balaban J connectivity index is 1.11. The number of rotatable bonds is 10. The highest BCUT2D eigenvalue weighted by Gasteiger charge is 2.36. The molecule has 1 amide bonds. The lowest BCUT2D eigenvalue weighted by molar-refractivity contribution is -0.121. The number of piperidine rings is 3. The minimum atomic E-state index is 0.238. The summed E-state index contributed by atoms with van der Waals surface area (Å²) in [4.78, 5) is 17.4. The molecule has 0 aromatic heterocycles. The zero-order valence-corrected chi connectivity index (χ0v) is 19.2. The number of nitrogens with zero attached hydrogens (tertiary/aromatic N) is 2. The third-order valence-corrected chi connectivity index (χ3v) is 7.47. The first-order chi connectivity index (χ1) is 15.3. The maximum atomic E-state index is 12.3. The summed E-state index contributed by atoms with van der Waals surface area (Å²) in [5.41, 5.74) is 1.42. The summed E-state index contributed by atoms with van der Waals surface area (Å²) in [7, 11) is 0. The van der Waals surface area contributed by atoms with E-state index in [4.69, 9.17) is 0 Å². The highest BCUT2D eigenvalue weighted by atomic mass is 16.1. The van der Waals surface area contributed by atoms with Gasteiger partial charge in [-0.2, -0.15) is 0 Å². The Morgan fingerprint density at radius 2 is 1.87 bits per heavy atom. The van der Waals surface area contributed by atoms with Crippen molar-refractivity contribution in [2.24, 2.45) is 11.8 Å². The monoisotopic (exact) mass is 426 g/mol. The fourth-order valence-corrected chi connectivity index (χ4v) is 5.87. The molecule has 0 saturated carbocycles. The molecule has 3 fully saturated rings. The van der Waals surface area contributed by atoms with Gasteiger partial charge in [-0.15, -0.1) is 0 Å². The number of benzene rings is 1. The molecular formula is C26H42N4O. The third-order valence-electron chi connectivity index (χ3n) is 7.47. The molecule has 0 spiro atoms. The molecule has 5 nitrogen and oxygen atoms in total. The van der Waals surface area contributed by atoms with Crippen LogP contribution in [0.2, 0.25) is 0 Å². The molecule has 0 aliphatic carbocycles. The van der Waals surface area contributed by atoms with Gasteiger partial charge in [0.25, 0.3) is 0 Å². The molecule has 1 aromatic carbocycles. The van der Waals surface area contributed by atoms with Gasteiger partial charge in [0.15, 0.2) is 0 Å². The number of hydrogen-bond donors (Lipinski definition) is 2. The number of likely N-dealkylation sites (tertiary alicyclic amines) is 2. The van der Waals surface area contributed by atoms with E-state index in [9.17, 15) is 4.79 Å². The molecule has 4 rings (SSSR count). The summed E-state index contributed by atoms with van der Waals surface area (Å²) in [6.45, 7) is 9.05. The van der Waals surface area contributed by atoms with Crippen molar-refractivity contribution in [3.63, 3.8) is 0 Å². The summed E-state index contributed by atoms with van der Waals surface area (Å²) in [6.07, 6.45) is 9.29. The van der Waals surface area contributed by atoms with Crippen LogP contribution in [-0.2, 0) is 11.3 Å². The van der Waals surface area contributed by atoms with Crippen molar-refractivity contribution < 1.29 is 4.79 Å². The number of carbonyl (C=O) groups is 1. The molecule has 1 aromatic rings. The average Bonchev–Trinajstić information content (AvgIpc) is 2.80. The van der Waals surface area contributed by atoms with Crippen LogP contribution in [0.4, 0.5) is 0 Å². The van der Waals surface area contributed by atoms with Crippen LogP contribution in [-0.4, -0.2) is 67.6 Å². The molecule has 3 atom stereocenters. The van der Waals surface area contributed by atoms with Crippen LogP contribution >= 0.6 is 0 Å². The molecule has 0 unspecified atom stereocenters. The van der Waals surface area contributed by atoms with Crippen LogP contribution in [0.25, 0.3) is 0 Å². The van der Waals surface area contributed by atoms with Crippen molar-refractivity contribution in [2.75, 3.05) is 45.8 Å². The average molecular weight is 427 g/mol. The Morgan fingerprint density at radius 1 is 1.03 bits per heavy atom. The summed E-state index contributed by atoms with van der Waals surface area (Å²) < 4.78 is 0. The van der Waals surface area contributed by atoms with E-state index in [1.165, 1.54) is 57.4 Å². The lowest BCUT2D eigenvalue weighted by Crippen LogP contribution is -2.55. The highest BCUT2D eigenvalue weighted by Crippen LogP contribution is 2.31. The molecule has 3 aliphatic heterocycles. The predicted molar refractivity (Wildman–Crippen MR) is 127 cm³/mol. The minimum absolute atomic E-state index is 0.238. The Kier molecular flexibility index (Phi) is 8.80. The number of hydrogen-bond acceptors (Lipinski definition) is 4. The molecule has 3 aliphatic rings. The SMILES string of the molecule is O=C(CCC[C@H]1NC[C@@H]2C[C@H]1CN(Cc1ccccc1)C2)NCCCN1CCCCC1. The van der Waals surface area contributed by atoms with Gasteiger partial charge in [-0.05, 0) is 82.1 Å². The van der Waals surface area contributed by atoms with Gasteiger partial charge in [0.05, 0.1) is 0 Å². The zero-order valence-electron chi connectivity index (χ0n) is 19.2. The second kappa shape index (κ2) is 12.0. The standard InChI is InChI=1S/C26H42N4O/c31-26(27-13-8-16-29-14-5-2-6-15-29)12-7-11-25-24-17-23(18-28-25)20-30(21-24)19-22-9-3-1-4-10-22/h1,3-4,9-10,23-25,28H,2,5-8,11-21H2,(H,27,31)/t23-,24-,25+/m0/s1. The lowest BCUT2D eigenvalue weighted by Gasteiger charge is -2.46. The van der Waals surface area contributed by atoms with Crippen LogP contribution in [0.5, 0.6) is 0 Å². The van der Waals surface area contributed by atoms with Crippen LogP contribution in [0.1, 0.15) is 56.9 Å². The van der Waals surface area contributed by atoms with E-state index in [0.717, 1.165) is 57.3 Å². The largest absolute Gasteiger partial charge is 0.356 e. The first-order valence-corrected chi connectivity index (χ1v) is 12.7. The van der Waals surface area contributed by atoms with Crippen molar-refractivity contribution in [3.05, 3.63) is 35.9 Å². The Bertz CT molecular complexity index is 661. The van der Waals surface area contributed by atoms with E-state index in [2.05, 4.69) is 50.8 Å².